The summed E-state index contributed by atoms with van der Waals surface area (Å²) in [4.78, 5) is 10.5. The first-order valence-corrected chi connectivity index (χ1v) is 4.13. The van der Waals surface area contributed by atoms with Gasteiger partial charge in [0.25, 0.3) is 0 Å². The zero-order valence-electron chi connectivity index (χ0n) is 6.46. The summed E-state index contributed by atoms with van der Waals surface area (Å²) in [6.07, 6.45) is 0. The first-order chi connectivity index (χ1) is 4.54. The lowest BCUT2D eigenvalue weighted by atomic mass is 10.0. The van der Waals surface area contributed by atoms with Crippen molar-refractivity contribution in [1.29, 1.82) is 0 Å². The van der Waals surface area contributed by atoms with Crippen LogP contribution in [0.2, 0.25) is 0 Å². The average molecular weight is 198 g/mol. The van der Waals surface area contributed by atoms with Gasteiger partial charge in [-0.15, -0.1) is 24.2 Å². The molecule has 0 bridgehead atoms. The Hall–Kier alpha value is 0.0700. The van der Waals surface area contributed by atoms with E-state index in [0.717, 1.165) is 5.88 Å². The average Bonchev–Trinajstić information content (AvgIpc) is 2.08. The summed E-state index contributed by atoms with van der Waals surface area (Å²) in [6.45, 7) is 3.88. The minimum atomic E-state index is -0.755. The van der Waals surface area contributed by atoms with Crippen LogP contribution in [-0.2, 0) is 4.79 Å². The van der Waals surface area contributed by atoms with E-state index in [0.29, 0.717) is 0 Å². The molecule has 66 valence electrons. The maximum atomic E-state index is 10.5. The molecule has 0 aliphatic carbocycles. The van der Waals surface area contributed by atoms with E-state index in [-0.39, 0.29) is 17.2 Å². The van der Waals surface area contributed by atoms with Crippen molar-refractivity contribution >= 4 is 30.1 Å². The van der Waals surface area contributed by atoms with Gasteiger partial charge in [-0.3, -0.25) is 10.1 Å². The van der Waals surface area contributed by atoms with Crippen LogP contribution in [0.4, 0.5) is 0 Å². The molecule has 1 rings (SSSR count). The summed E-state index contributed by atoms with van der Waals surface area (Å²) < 4.78 is -0.161. The standard InChI is InChI=1S/C6H11NO2S.ClH/c1-6(2)4(5(8)9)7-3-10-6;/h4,7H,3H2,1-2H3,(H,8,9);1H/t4-;/m0./s1. The lowest BCUT2D eigenvalue weighted by Gasteiger charge is -2.20. The Labute approximate surface area is 76.3 Å². The summed E-state index contributed by atoms with van der Waals surface area (Å²) in [6, 6.07) is -0.391. The van der Waals surface area contributed by atoms with Crippen LogP contribution < -0.4 is 5.32 Å². The number of hydrogen-bond acceptors (Lipinski definition) is 3. The quantitative estimate of drug-likeness (QED) is 0.657. The predicted molar refractivity (Wildman–Crippen MR) is 48.3 cm³/mol. The largest absolute Gasteiger partial charge is 0.480 e. The fourth-order valence-corrected chi connectivity index (χ4v) is 2.00. The van der Waals surface area contributed by atoms with E-state index < -0.39 is 12.0 Å². The van der Waals surface area contributed by atoms with Crippen LogP contribution in [-0.4, -0.2) is 27.7 Å². The number of halogens is 1. The van der Waals surface area contributed by atoms with E-state index in [1.54, 1.807) is 11.8 Å². The van der Waals surface area contributed by atoms with Gasteiger partial charge in [0.05, 0.1) is 0 Å². The maximum Gasteiger partial charge on any atom is 0.322 e. The van der Waals surface area contributed by atoms with Gasteiger partial charge in [0.1, 0.15) is 6.04 Å². The van der Waals surface area contributed by atoms with E-state index in [1.165, 1.54) is 0 Å². The van der Waals surface area contributed by atoms with Gasteiger partial charge < -0.3 is 5.11 Å². The molecular formula is C6H12ClNO2S. The van der Waals surface area contributed by atoms with Crippen molar-refractivity contribution < 1.29 is 9.90 Å². The van der Waals surface area contributed by atoms with Gasteiger partial charge in [-0.25, -0.2) is 0 Å². The van der Waals surface area contributed by atoms with Crippen molar-refractivity contribution in [2.45, 2.75) is 24.6 Å². The number of carbonyl (C=O) groups is 1. The third-order valence-electron chi connectivity index (χ3n) is 1.67. The third kappa shape index (κ3) is 2.25. The fraction of sp³-hybridized carbons (Fsp3) is 0.833. The molecule has 0 saturated carbocycles. The van der Waals surface area contributed by atoms with Crippen molar-refractivity contribution in [2.75, 3.05) is 5.88 Å². The molecule has 1 saturated heterocycles. The molecule has 1 aliphatic rings. The zero-order chi connectivity index (χ0) is 7.78. The highest BCUT2D eigenvalue weighted by molar-refractivity contribution is 8.00. The lowest BCUT2D eigenvalue weighted by Crippen LogP contribution is -2.43. The highest BCUT2D eigenvalue weighted by Gasteiger charge is 2.39. The van der Waals surface area contributed by atoms with Crippen molar-refractivity contribution in [3.63, 3.8) is 0 Å². The van der Waals surface area contributed by atoms with Crippen molar-refractivity contribution in [3.8, 4) is 0 Å². The second-order valence-corrected chi connectivity index (χ2v) is 4.50. The summed E-state index contributed by atoms with van der Waals surface area (Å²) in [5.74, 6) is -0.0146. The van der Waals surface area contributed by atoms with E-state index in [9.17, 15) is 4.79 Å². The molecule has 2 N–H and O–H groups in total. The Bertz CT molecular complexity index is 163. The van der Waals surface area contributed by atoms with Crippen molar-refractivity contribution in [1.82, 2.24) is 5.32 Å². The van der Waals surface area contributed by atoms with Gasteiger partial charge in [0.15, 0.2) is 0 Å². The van der Waals surface area contributed by atoms with Crippen LogP contribution in [0.3, 0.4) is 0 Å². The molecule has 1 fully saturated rings. The van der Waals surface area contributed by atoms with Gasteiger partial charge in [0.2, 0.25) is 0 Å². The number of nitrogens with one attached hydrogen (secondary N) is 1. The highest BCUT2D eigenvalue weighted by atomic mass is 35.5. The predicted octanol–water partition coefficient (Wildman–Crippen LogP) is 0.934. The molecule has 3 nitrogen and oxygen atoms in total. The number of carboxylic acid groups (broad SMARTS) is 1. The number of thioether (sulfide) groups is 1. The normalized spacial score (nSPS) is 27.6. The molecule has 1 atom stereocenters. The Morgan fingerprint density at radius 3 is 2.45 bits per heavy atom. The smallest absolute Gasteiger partial charge is 0.322 e. The number of rotatable bonds is 1. The van der Waals surface area contributed by atoms with Crippen molar-refractivity contribution in [3.05, 3.63) is 0 Å². The fourth-order valence-electron chi connectivity index (χ4n) is 1.02. The number of carboxylic acids is 1. The second kappa shape index (κ2) is 3.65. The minimum Gasteiger partial charge on any atom is -0.480 e. The van der Waals surface area contributed by atoms with E-state index in [4.69, 9.17) is 5.11 Å². The number of aliphatic carboxylic acids is 1. The first-order valence-electron chi connectivity index (χ1n) is 3.14. The van der Waals surface area contributed by atoms with Gasteiger partial charge in [-0.2, -0.15) is 0 Å². The second-order valence-electron chi connectivity index (χ2n) is 2.87. The van der Waals surface area contributed by atoms with E-state index in [2.05, 4.69) is 5.32 Å². The Morgan fingerprint density at radius 2 is 2.27 bits per heavy atom. The maximum absolute atomic E-state index is 10.5. The van der Waals surface area contributed by atoms with E-state index in [1.807, 2.05) is 13.8 Å². The molecule has 0 radical (unpaired) electrons. The Balaban J connectivity index is 0.000001000. The van der Waals surface area contributed by atoms with Crippen LogP contribution in [0.5, 0.6) is 0 Å². The molecule has 0 aromatic rings. The Kier molecular flexibility index (Phi) is 3.67. The summed E-state index contributed by atoms with van der Waals surface area (Å²) in [5, 5.41) is 11.6. The molecule has 1 aliphatic heterocycles. The first kappa shape index (κ1) is 11.1. The lowest BCUT2D eigenvalue weighted by molar-refractivity contribution is -0.139. The van der Waals surface area contributed by atoms with Crippen LogP contribution in [0.15, 0.2) is 0 Å². The van der Waals surface area contributed by atoms with Gasteiger partial charge in [-0.05, 0) is 13.8 Å². The molecular weight excluding hydrogens is 186 g/mol. The topological polar surface area (TPSA) is 49.3 Å². The molecule has 1 heterocycles. The summed E-state index contributed by atoms with van der Waals surface area (Å²) >= 11 is 1.64. The van der Waals surface area contributed by atoms with Gasteiger partial charge in [0, 0.05) is 10.6 Å². The molecule has 11 heavy (non-hydrogen) atoms. The molecule has 0 aromatic heterocycles. The molecule has 0 amide bonds. The molecule has 0 unspecified atom stereocenters. The monoisotopic (exact) mass is 197 g/mol. The van der Waals surface area contributed by atoms with Crippen LogP contribution in [0.25, 0.3) is 0 Å². The summed E-state index contributed by atoms with van der Waals surface area (Å²) in [5.41, 5.74) is 0. The van der Waals surface area contributed by atoms with Crippen LogP contribution in [0.1, 0.15) is 13.8 Å². The molecule has 5 heteroatoms. The van der Waals surface area contributed by atoms with Gasteiger partial charge >= 0.3 is 5.97 Å². The van der Waals surface area contributed by atoms with Crippen LogP contribution >= 0.6 is 24.2 Å². The zero-order valence-corrected chi connectivity index (χ0v) is 8.09. The Morgan fingerprint density at radius 1 is 1.73 bits per heavy atom. The number of hydrogen-bond donors (Lipinski definition) is 2. The van der Waals surface area contributed by atoms with Gasteiger partial charge in [-0.1, -0.05) is 0 Å². The van der Waals surface area contributed by atoms with E-state index >= 15 is 0 Å². The molecule has 0 aromatic carbocycles. The SMILES string of the molecule is CC1(C)SCN[C@H]1C(=O)O.Cl. The van der Waals surface area contributed by atoms with Crippen LogP contribution in [0, 0.1) is 0 Å². The third-order valence-corrected chi connectivity index (χ3v) is 2.96. The van der Waals surface area contributed by atoms with Crippen molar-refractivity contribution in [2.24, 2.45) is 0 Å². The molecule has 0 spiro atoms. The minimum absolute atomic E-state index is 0. The highest BCUT2D eigenvalue weighted by Crippen LogP contribution is 2.32. The summed E-state index contributed by atoms with van der Waals surface area (Å²) in [7, 11) is 0.